The van der Waals surface area contributed by atoms with Crippen LogP contribution in [0.4, 0.5) is 0 Å². The fourth-order valence-electron chi connectivity index (χ4n) is 4.11. The molecule has 0 aliphatic carbocycles. The van der Waals surface area contributed by atoms with Crippen molar-refractivity contribution in [1.29, 1.82) is 0 Å². The van der Waals surface area contributed by atoms with Gasteiger partial charge >= 0.3 is 0 Å². The third-order valence-electron chi connectivity index (χ3n) is 5.94. The molecule has 1 saturated heterocycles. The van der Waals surface area contributed by atoms with Crippen LogP contribution in [0.5, 0.6) is 0 Å². The van der Waals surface area contributed by atoms with Crippen LogP contribution < -0.4 is 5.32 Å². The molecule has 1 N–H and O–H groups in total. The van der Waals surface area contributed by atoms with E-state index < -0.39 is 10.0 Å². The Morgan fingerprint density at radius 2 is 1.75 bits per heavy atom. The van der Waals surface area contributed by atoms with Crippen molar-refractivity contribution in [1.82, 2.24) is 14.5 Å². The summed E-state index contributed by atoms with van der Waals surface area (Å²) in [7, 11) is -1.49. The molecule has 0 aromatic heterocycles. The van der Waals surface area contributed by atoms with Crippen LogP contribution in [0.2, 0.25) is 0 Å². The molecule has 2 aliphatic heterocycles. The van der Waals surface area contributed by atoms with E-state index in [9.17, 15) is 13.2 Å². The first-order valence-corrected chi connectivity index (χ1v) is 11.4. The first kappa shape index (κ1) is 23.1. The van der Waals surface area contributed by atoms with Crippen molar-refractivity contribution >= 4 is 28.3 Å². The van der Waals surface area contributed by atoms with Crippen LogP contribution in [-0.4, -0.2) is 63.3 Å². The second-order valence-electron chi connectivity index (χ2n) is 7.68. The fourth-order valence-corrected chi connectivity index (χ4v) is 5.63. The van der Waals surface area contributed by atoms with Gasteiger partial charge in [-0.2, -0.15) is 4.31 Å². The lowest BCUT2D eigenvalue weighted by molar-refractivity contribution is -0.128. The monoisotopic (exact) mass is 429 g/mol. The number of fused-ring (bicyclic) bond motifs is 1. The lowest BCUT2D eigenvalue weighted by atomic mass is 9.95. The van der Waals surface area contributed by atoms with Crippen molar-refractivity contribution in [2.24, 2.45) is 5.92 Å². The number of hydrogen-bond donors (Lipinski definition) is 1. The maximum absolute atomic E-state index is 13.1. The predicted molar refractivity (Wildman–Crippen MR) is 113 cm³/mol. The van der Waals surface area contributed by atoms with Crippen molar-refractivity contribution in [2.75, 3.05) is 39.8 Å². The molecule has 8 heteroatoms. The highest BCUT2D eigenvalue weighted by Gasteiger charge is 2.30. The van der Waals surface area contributed by atoms with Crippen LogP contribution >= 0.6 is 12.4 Å². The van der Waals surface area contributed by atoms with Gasteiger partial charge < -0.3 is 10.2 Å². The summed E-state index contributed by atoms with van der Waals surface area (Å²) < 4.78 is 27.8. The van der Waals surface area contributed by atoms with Gasteiger partial charge in [-0.15, -0.1) is 12.4 Å². The first-order chi connectivity index (χ1) is 12.9. The van der Waals surface area contributed by atoms with Crippen molar-refractivity contribution in [3.05, 3.63) is 29.3 Å². The molecule has 1 aromatic carbocycles. The van der Waals surface area contributed by atoms with Gasteiger partial charge in [-0.3, -0.25) is 4.79 Å². The Morgan fingerprint density at radius 3 is 2.36 bits per heavy atom. The highest BCUT2D eigenvalue weighted by atomic mass is 35.5. The van der Waals surface area contributed by atoms with Crippen LogP contribution in [-0.2, 0) is 27.7 Å². The number of benzene rings is 1. The van der Waals surface area contributed by atoms with E-state index in [0.717, 1.165) is 43.4 Å². The molecule has 1 aromatic rings. The molecular weight excluding hydrogens is 398 g/mol. The third-order valence-corrected chi connectivity index (χ3v) is 7.83. The summed E-state index contributed by atoms with van der Waals surface area (Å²) in [4.78, 5) is 13.9. The zero-order valence-corrected chi connectivity index (χ0v) is 18.4. The van der Waals surface area contributed by atoms with Crippen LogP contribution in [0.25, 0.3) is 0 Å². The number of rotatable bonds is 5. The molecule has 2 heterocycles. The molecule has 0 radical (unpaired) electrons. The molecule has 2 aliphatic rings. The molecule has 1 amide bonds. The van der Waals surface area contributed by atoms with Crippen molar-refractivity contribution in [3.8, 4) is 0 Å². The summed E-state index contributed by atoms with van der Waals surface area (Å²) in [5.74, 6) is 0.685. The molecule has 6 nitrogen and oxygen atoms in total. The molecule has 0 spiro atoms. The lowest BCUT2D eigenvalue weighted by Gasteiger charge is -2.31. The van der Waals surface area contributed by atoms with E-state index in [0.29, 0.717) is 43.4 Å². The molecular formula is C20H32ClN3O3S. The number of nitrogens with one attached hydrogen (secondary N) is 1. The summed E-state index contributed by atoms with van der Waals surface area (Å²) in [5, 5.41) is 3.17. The SMILES string of the molecule is CNCCC1CCN(S(=O)(=O)c2ccc3c(c2)CCN(C(C)=O)CC3)CC1.Cl. The van der Waals surface area contributed by atoms with E-state index in [-0.39, 0.29) is 18.3 Å². The molecule has 0 unspecified atom stereocenters. The van der Waals surface area contributed by atoms with Crippen LogP contribution in [0.15, 0.2) is 23.1 Å². The molecule has 0 saturated carbocycles. The van der Waals surface area contributed by atoms with E-state index in [1.165, 1.54) is 0 Å². The average Bonchev–Trinajstić information content (AvgIpc) is 2.89. The van der Waals surface area contributed by atoms with Crippen molar-refractivity contribution < 1.29 is 13.2 Å². The molecule has 28 heavy (non-hydrogen) atoms. The zero-order chi connectivity index (χ0) is 19.4. The highest BCUT2D eigenvalue weighted by molar-refractivity contribution is 7.89. The minimum Gasteiger partial charge on any atom is -0.342 e. The summed E-state index contributed by atoms with van der Waals surface area (Å²) >= 11 is 0. The maximum atomic E-state index is 13.1. The topological polar surface area (TPSA) is 69.7 Å². The summed E-state index contributed by atoms with van der Waals surface area (Å²) in [6.07, 6.45) is 4.46. The molecule has 158 valence electrons. The Bertz CT molecular complexity index is 777. The number of nitrogens with zero attached hydrogens (tertiary/aromatic N) is 2. The van der Waals surface area contributed by atoms with Crippen molar-refractivity contribution in [3.63, 3.8) is 0 Å². The van der Waals surface area contributed by atoms with Crippen LogP contribution in [0.1, 0.15) is 37.3 Å². The largest absolute Gasteiger partial charge is 0.342 e. The van der Waals surface area contributed by atoms with E-state index in [1.54, 1.807) is 17.3 Å². The third kappa shape index (κ3) is 5.26. The number of amides is 1. The minimum atomic E-state index is -3.44. The normalized spacial score (nSPS) is 18.9. The quantitative estimate of drug-likeness (QED) is 0.777. The Hall–Kier alpha value is -1.15. The lowest BCUT2D eigenvalue weighted by Crippen LogP contribution is -2.39. The van der Waals surface area contributed by atoms with E-state index >= 15 is 0 Å². The van der Waals surface area contributed by atoms with Crippen LogP contribution in [0.3, 0.4) is 0 Å². The second kappa shape index (κ2) is 10.1. The number of carbonyl (C=O) groups excluding carboxylic acids is 1. The maximum Gasteiger partial charge on any atom is 0.243 e. The van der Waals surface area contributed by atoms with E-state index in [2.05, 4.69) is 5.32 Å². The number of sulfonamides is 1. The van der Waals surface area contributed by atoms with Gasteiger partial charge in [0.15, 0.2) is 0 Å². The number of piperidine rings is 1. The van der Waals surface area contributed by atoms with E-state index in [4.69, 9.17) is 0 Å². The van der Waals surface area contributed by atoms with Gasteiger partial charge in [-0.25, -0.2) is 8.42 Å². The number of hydrogen-bond acceptors (Lipinski definition) is 4. The molecule has 0 atom stereocenters. The second-order valence-corrected chi connectivity index (χ2v) is 9.61. The Kier molecular flexibility index (Phi) is 8.30. The zero-order valence-electron chi connectivity index (χ0n) is 16.8. The van der Waals surface area contributed by atoms with E-state index in [1.807, 2.05) is 24.1 Å². The average molecular weight is 430 g/mol. The van der Waals surface area contributed by atoms with Crippen LogP contribution in [0, 0.1) is 5.92 Å². The molecule has 1 fully saturated rings. The van der Waals surface area contributed by atoms with Gasteiger partial charge in [-0.1, -0.05) is 6.07 Å². The van der Waals surface area contributed by atoms with Gasteiger partial charge in [0, 0.05) is 33.1 Å². The molecule has 3 rings (SSSR count). The molecule has 0 bridgehead atoms. The van der Waals surface area contributed by atoms with Gasteiger partial charge in [-0.05, 0) is 74.9 Å². The fraction of sp³-hybridized carbons (Fsp3) is 0.650. The summed E-state index contributed by atoms with van der Waals surface area (Å²) in [6, 6.07) is 5.51. The van der Waals surface area contributed by atoms with Gasteiger partial charge in [0.2, 0.25) is 15.9 Å². The Labute approximate surface area is 175 Å². The Balaban J connectivity index is 0.00000280. The predicted octanol–water partition coefficient (Wildman–Crippen LogP) is 2.07. The van der Waals surface area contributed by atoms with Gasteiger partial charge in [0.05, 0.1) is 4.90 Å². The highest BCUT2D eigenvalue weighted by Crippen LogP contribution is 2.27. The summed E-state index contributed by atoms with van der Waals surface area (Å²) in [6.45, 7) is 5.14. The standard InChI is InChI=1S/C20H31N3O3S.ClH/c1-16(24)22-11-8-18-3-4-20(15-19(18)9-12-22)27(25,26)23-13-6-17(7-14-23)5-10-21-2;/h3-4,15,17,21H,5-14H2,1-2H3;1H. The number of carbonyl (C=O) groups is 1. The van der Waals surface area contributed by atoms with Gasteiger partial charge in [0.25, 0.3) is 0 Å². The van der Waals surface area contributed by atoms with Crippen molar-refractivity contribution in [2.45, 2.75) is 43.9 Å². The van der Waals surface area contributed by atoms with Gasteiger partial charge in [0.1, 0.15) is 0 Å². The number of halogens is 1. The Morgan fingerprint density at radius 1 is 1.11 bits per heavy atom. The minimum absolute atomic E-state index is 0. The first-order valence-electron chi connectivity index (χ1n) is 9.94. The summed E-state index contributed by atoms with van der Waals surface area (Å²) in [5.41, 5.74) is 2.22. The smallest absolute Gasteiger partial charge is 0.243 e.